The maximum absolute atomic E-state index is 13.8. The van der Waals surface area contributed by atoms with Crippen LogP contribution < -0.4 is 16.8 Å². The predicted molar refractivity (Wildman–Crippen MR) is 140 cm³/mol. The molecule has 0 aromatic heterocycles. The number of amides is 3. The molecule has 2 aromatic rings. The van der Waals surface area contributed by atoms with Crippen molar-refractivity contribution in [2.75, 3.05) is 32.5 Å². The topological polar surface area (TPSA) is 209 Å². The van der Waals surface area contributed by atoms with Crippen LogP contribution >= 0.6 is 0 Å². The highest BCUT2D eigenvalue weighted by Gasteiger charge is 2.41. The van der Waals surface area contributed by atoms with E-state index in [1.54, 1.807) is 24.3 Å². The summed E-state index contributed by atoms with van der Waals surface area (Å²) in [4.78, 5) is 65.6. The number of anilines is 1. The van der Waals surface area contributed by atoms with Crippen LogP contribution in [0, 0.1) is 5.41 Å². The van der Waals surface area contributed by atoms with Crippen molar-refractivity contribution in [3.8, 4) is 0 Å². The van der Waals surface area contributed by atoms with Gasteiger partial charge < -0.3 is 36.4 Å². The Kier molecular flexibility index (Phi) is 9.20. The number of carbonyl (C=O) groups excluding carboxylic acids is 4. The van der Waals surface area contributed by atoms with Crippen LogP contribution in [0.5, 0.6) is 0 Å². The van der Waals surface area contributed by atoms with Crippen molar-refractivity contribution in [3.63, 3.8) is 0 Å². The number of amidine groups is 1. The molecule has 0 radical (unpaired) electrons. The van der Waals surface area contributed by atoms with Crippen LogP contribution in [0.2, 0.25) is 0 Å². The Morgan fingerprint density at radius 3 is 2.38 bits per heavy atom. The third-order valence-electron chi connectivity index (χ3n) is 6.23. The van der Waals surface area contributed by atoms with E-state index in [-0.39, 0.29) is 30.9 Å². The van der Waals surface area contributed by atoms with E-state index in [9.17, 15) is 24.0 Å². The van der Waals surface area contributed by atoms with Gasteiger partial charge in [-0.1, -0.05) is 24.3 Å². The second-order valence-corrected chi connectivity index (χ2v) is 8.95. The number of methoxy groups -OCH3 is 1. The van der Waals surface area contributed by atoms with Gasteiger partial charge in [0.05, 0.1) is 13.5 Å². The van der Waals surface area contributed by atoms with Gasteiger partial charge in [-0.2, -0.15) is 0 Å². The van der Waals surface area contributed by atoms with Gasteiger partial charge in [-0.15, -0.1) is 0 Å². The smallest absolute Gasteiger partial charge is 0.323 e. The van der Waals surface area contributed by atoms with Crippen molar-refractivity contribution in [2.45, 2.75) is 24.9 Å². The van der Waals surface area contributed by atoms with Gasteiger partial charge in [0, 0.05) is 36.3 Å². The van der Waals surface area contributed by atoms with Gasteiger partial charge in [0.25, 0.3) is 5.91 Å². The van der Waals surface area contributed by atoms with E-state index in [2.05, 4.69) is 5.32 Å². The van der Waals surface area contributed by atoms with E-state index < -0.39 is 54.7 Å². The molecule has 1 heterocycles. The molecule has 1 aliphatic rings. The normalized spacial score (nSPS) is 15.8. The summed E-state index contributed by atoms with van der Waals surface area (Å²) >= 11 is 0. The minimum Gasteiger partial charge on any atom is -0.480 e. The Hall–Kier alpha value is -4.94. The Morgan fingerprint density at radius 2 is 1.79 bits per heavy atom. The standard InChI is InChI=1S/C26H30N6O7/c1-39-22(35)13-20-26(38)31(14-21(33)34)9-10-32(20)25(37)19(12-15-3-2-4-18(27)11-15)30-24(36)17-7-5-16(6-8-17)23(28)29/h2-8,11,19-20H,9-10,12-14,27H2,1H3,(H3,28,29)(H,30,36)(H,33,34)/t19-,20-/m0/s1. The molecule has 0 aliphatic carbocycles. The highest BCUT2D eigenvalue weighted by atomic mass is 16.5. The molecule has 0 bridgehead atoms. The quantitative estimate of drug-likeness (QED) is 0.115. The van der Waals surface area contributed by atoms with Gasteiger partial charge in [-0.05, 0) is 29.8 Å². The number of hydrogen-bond donors (Lipinski definition) is 5. The maximum atomic E-state index is 13.8. The number of piperazine rings is 1. The lowest BCUT2D eigenvalue weighted by atomic mass is 10.00. The zero-order valence-corrected chi connectivity index (χ0v) is 21.3. The minimum absolute atomic E-state index is 0.0234. The molecule has 2 aromatic carbocycles. The molecule has 13 heteroatoms. The zero-order valence-electron chi connectivity index (χ0n) is 21.3. The second-order valence-electron chi connectivity index (χ2n) is 8.95. The van der Waals surface area contributed by atoms with Crippen LogP contribution in [-0.2, 0) is 30.3 Å². The van der Waals surface area contributed by atoms with Crippen molar-refractivity contribution >= 4 is 41.2 Å². The van der Waals surface area contributed by atoms with Crippen LogP contribution in [0.15, 0.2) is 48.5 Å². The van der Waals surface area contributed by atoms with Gasteiger partial charge in [0.2, 0.25) is 11.8 Å². The molecule has 3 amide bonds. The maximum Gasteiger partial charge on any atom is 0.323 e. The SMILES string of the molecule is COC(=O)C[C@H]1C(=O)N(CC(=O)O)CCN1C(=O)[C@H](Cc1cccc(N)c1)NC(=O)c1ccc(C(=N)N)cc1. The number of benzene rings is 2. The molecule has 39 heavy (non-hydrogen) atoms. The number of ether oxygens (including phenoxy) is 1. The average Bonchev–Trinajstić information content (AvgIpc) is 2.90. The minimum atomic E-state index is -1.31. The predicted octanol–water partition coefficient (Wildman–Crippen LogP) is -0.419. The van der Waals surface area contributed by atoms with Gasteiger partial charge in [0.1, 0.15) is 24.5 Å². The lowest BCUT2D eigenvalue weighted by molar-refractivity contribution is -0.159. The Morgan fingerprint density at radius 1 is 1.13 bits per heavy atom. The third kappa shape index (κ3) is 7.31. The number of aliphatic carboxylic acids is 1. The fourth-order valence-corrected chi connectivity index (χ4v) is 4.26. The van der Waals surface area contributed by atoms with Crippen LogP contribution in [0.25, 0.3) is 0 Å². The molecule has 1 aliphatic heterocycles. The summed E-state index contributed by atoms with van der Waals surface area (Å²) < 4.78 is 4.69. The second kappa shape index (κ2) is 12.5. The molecule has 0 spiro atoms. The number of nitrogens with two attached hydrogens (primary N) is 2. The Labute approximate surface area is 224 Å². The van der Waals surface area contributed by atoms with Crippen molar-refractivity contribution in [2.24, 2.45) is 5.73 Å². The molecular weight excluding hydrogens is 508 g/mol. The molecule has 7 N–H and O–H groups in total. The van der Waals surface area contributed by atoms with Crippen molar-refractivity contribution in [3.05, 3.63) is 65.2 Å². The number of rotatable bonds is 10. The van der Waals surface area contributed by atoms with Gasteiger partial charge in [0.15, 0.2) is 0 Å². The number of nitrogens with zero attached hydrogens (tertiary/aromatic N) is 2. The van der Waals surface area contributed by atoms with Gasteiger partial charge in [-0.3, -0.25) is 29.4 Å². The van der Waals surface area contributed by atoms with Crippen LogP contribution in [0.1, 0.15) is 27.9 Å². The van der Waals surface area contributed by atoms with Crippen molar-refractivity contribution in [1.82, 2.24) is 15.1 Å². The first-order chi connectivity index (χ1) is 18.5. The van der Waals surface area contributed by atoms with Gasteiger partial charge >= 0.3 is 11.9 Å². The van der Waals surface area contributed by atoms with Crippen LogP contribution in [0.4, 0.5) is 5.69 Å². The van der Waals surface area contributed by atoms with E-state index in [0.29, 0.717) is 16.8 Å². The largest absolute Gasteiger partial charge is 0.480 e. The molecule has 1 fully saturated rings. The number of carbonyl (C=O) groups is 5. The van der Waals surface area contributed by atoms with E-state index in [4.69, 9.17) is 26.7 Å². The summed E-state index contributed by atoms with van der Waals surface area (Å²) in [7, 11) is 1.14. The Balaban J connectivity index is 1.92. The molecule has 2 atom stereocenters. The average molecular weight is 539 g/mol. The Bertz CT molecular complexity index is 1280. The molecule has 206 valence electrons. The molecule has 1 saturated heterocycles. The monoisotopic (exact) mass is 538 g/mol. The van der Waals surface area contributed by atoms with E-state index >= 15 is 0 Å². The molecule has 3 rings (SSSR count). The van der Waals surface area contributed by atoms with E-state index in [1.807, 2.05) is 0 Å². The summed E-state index contributed by atoms with van der Waals surface area (Å²) in [5.74, 6) is -4.10. The summed E-state index contributed by atoms with van der Waals surface area (Å²) in [6.07, 6.45) is -0.460. The van der Waals surface area contributed by atoms with E-state index in [0.717, 1.165) is 12.0 Å². The van der Waals surface area contributed by atoms with Gasteiger partial charge in [-0.25, -0.2) is 0 Å². The summed E-state index contributed by atoms with van der Waals surface area (Å²) in [6.45, 7) is -0.714. The summed E-state index contributed by atoms with van der Waals surface area (Å²) in [5.41, 5.74) is 13.1. The molecule has 0 saturated carbocycles. The summed E-state index contributed by atoms with van der Waals surface area (Å²) in [6, 6.07) is 10.2. The molecular formula is C26H30N6O7. The highest BCUT2D eigenvalue weighted by Crippen LogP contribution is 2.19. The van der Waals surface area contributed by atoms with E-state index in [1.165, 1.54) is 29.2 Å². The lowest BCUT2D eigenvalue weighted by Gasteiger charge is -2.41. The number of hydrogen-bond acceptors (Lipinski definition) is 8. The number of carboxylic acids is 1. The number of carboxylic acid groups (broad SMARTS) is 1. The zero-order chi connectivity index (χ0) is 28.7. The molecule has 0 unspecified atom stereocenters. The highest BCUT2D eigenvalue weighted by molar-refractivity contribution is 6.01. The van der Waals surface area contributed by atoms with Crippen LogP contribution in [-0.4, -0.2) is 89.2 Å². The third-order valence-corrected chi connectivity index (χ3v) is 6.23. The van der Waals surface area contributed by atoms with Crippen molar-refractivity contribution < 1.29 is 33.8 Å². The summed E-state index contributed by atoms with van der Waals surface area (Å²) in [5, 5.41) is 19.4. The number of nitrogen functional groups attached to an aromatic ring is 2. The first kappa shape index (κ1) is 28.6. The molecule has 13 nitrogen and oxygen atoms in total. The fourth-order valence-electron chi connectivity index (χ4n) is 4.26. The number of esters is 1. The first-order valence-corrected chi connectivity index (χ1v) is 12.0. The lowest BCUT2D eigenvalue weighted by Crippen LogP contribution is -2.63. The van der Waals surface area contributed by atoms with Crippen molar-refractivity contribution in [1.29, 1.82) is 5.41 Å². The first-order valence-electron chi connectivity index (χ1n) is 12.0. The van der Waals surface area contributed by atoms with Crippen LogP contribution in [0.3, 0.4) is 0 Å². The number of nitrogens with one attached hydrogen (secondary N) is 2. The fraction of sp³-hybridized carbons (Fsp3) is 0.308.